The molecule has 0 saturated carbocycles. The van der Waals surface area contributed by atoms with E-state index in [-0.39, 0.29) is 18.4 Å². The lowest BCUT2D eigenvalue weighted by atomic mass is 10.4. The maximum atomic E-state index is 11.4. The van der Waals surface area contributed by atoms with Crippen molar-refractivity contribution in [3.05, 3.63) is 0 Å². The molecule has 0 aromatic rings. The van der Waals surface area contributed by atoms with Crippen molar-refractivity contribution in [1.29, 1.82) is 0 Å². The summed E-state index contributed by atoms with van der Waals surface area (Å²) in [6, 6.07) is 0. The molecule has 0 aliphatic heterocycles. The van der Waals surface area contributed by atoms with Crippen LogP contribution in [-0.4, -0.2) is 62.5 Å². The van der Waals surface area contributed by atoms with Gasteiger partial charge in [-0.1, -0.05) is 0 Å². The molecule has 0 fully saturated rings. The van der Waals surface area contributed by atoms with Crippen LogP contribution >= 0.6 is 0 Å². The molecule has 0 heterocycles. The first kappa shape index (κ1) is 12.9. The minimum atomic E-state index is -0.373. The van der Waals surface area contributed by atoms with Gasteiger partial charge in [-0.25, -0.2) is 0 Å². The summed E-state index contributed by atoms with van der Waals surface area (Å²) >= 11 is 0. The summed E-state index contributed by atoms with van der Waals surface area (Å²) in [7, 11) is 5.19. The van der Waals surface area contributed by atoms with E-state index in [1.165, 1.54) is 4.90 Å². The zero-order chi connectivity index (χ0) is 11.1. The van der Waals surface area contributed by atoms with Crippen molar-refractivity contribution in [1.82, 2.24) is 9.80 Å². The topological polar surface area (TPSA) is 49.9 Å². The fourth-order valence-corrected chi connectivity index (χ4v) is 0.880. The van der Waals surface area contributed by atoms with E-state index in [9.17, 15) is 9.59 Å². The van der Waals surface area contributed by atoms with E-state index in [1.807, 2.05) is 0 Å². The molecule has 0 spiro atoms. The van der Waals surface area contributed by atoms with Crippen LogP contribution in [0.25, 0.3) is 0 Å². The highest BCUT2D eigenvalue weighted by Crippen LogP contribution is 1.89. The Morgan fingerprint density at radius 3 is 2.14 bits per heavy atom. The highest BCUT2D eigenvalue weighted by atomic mass is 16.5. The summed E-state index contributed by atoms with van der Waals surface area (Å²) < 4.78 is 4.72. The number of hydrogen-bond acceptors (Lipinski definition) is 4. The average Bonchev–Trinajstić information content (AvgIpc) is 2.02. The molecule has 5 heteroatoms. The maximum absolute atomic E-state index is 11.4. The van der Waals surface area contributed by atoms with E-state index in [0.717, 1.165) is 0 Å². The molecule has 0 aliphatic rings. The lowest BCUT2D eigenvalue weighted by Gasteiger charge is -2.18. The Morgan fingerprint density at radius 1 is 1.14 bits per heavy atom. The summed E-state index contributed by atoms with van der Waals surface area (Å²) in [6.07, 6.45) is 0. The molecular weight excluding hydrogens is 184 g/mol. The Balaban J connectivity index is 3.88. The number of hydrogen-bond donors (Lipinski definition) is 0. The molecule has 14 heavy (non-hydrogen) atoms. The quantitative estimate of drug-likeness (QED) is 0.568. The second-order valence-electron chi connectivity index (χ2n) is 3.29. The van der Waals surface area contributed by atoms with Crippen LogP contribution in [0.5, 0.6) is 0 Å². The van der Waals surface area contributed by atoms with E-state index in [4.69, 9.17) is 4.74 Å². The molecule has 0 unspecified atom stereocenters. The molecule has 5 nitrogen and oxygen atoms in total. The predicted molar refractivity (Wildman–Crippen MR) is 52.8 cm³/mol. The van der Waals surface area contributed by atoms with Gasteiger partial charge in [0.1, 0.15) is 6.54 Å². The van der Waals surface area contributed by atoms with Gasteiger partial charge in [-0.05, 0) is 21.0 Å². The Labute approximate surface area is 84.6 Å². The van der Waals surface area contributed by atoms with Crippen molar-refractivity contribution in [2.75, 3.05) is 40.8 Å². The van der Waals surface area contributed by atoms with Gasteiger partial charge in [0.2, 0.25) is 5.91 Å². The van der Waals surface area contributed by atoms with Crippen LogP contribution in [-0.2, 0) is 14.3 Å². The second-order valence-corrected chi connectivity index (χ2v) is 3.29. The van der Waals surface area contributed by atoms with Crippen molar-refractivity contribution in [2.24, 2.45) is 0 Å². The molecule has 0 rings (SSSR count). The number of nitrogens with zero attached hydrogens (tertiary/aromatic N) is 2. The van der Waals surface area contributed by atoms with E-state index >= 15 is 0 Å². The minimum absolute atomic E-state index is 0.0144. The highest BCUT2D eigenvalue weighted by molar-refractivity contribution is 5.83. The zero-order valence-electron chi connectivity index (χ0n) is 9.24. The summed E-state index contributed by atoms with van der Waals surface area (Å²) in [6.45, 7) is 2.39. The first-order chi connectivity index (χ1) is 6.47. The zero-order valence-corrected chi connectivity index (χ0v) is 9.24. The van der Waals surface area contributed by atoms with E-state index in [0.29, 0.717) is 13.2 Å². The van der Waals surface area contributed by atoms with E-state index in [2.05, 4.69) is 0 Å². The Hall–Kier alpha value is -1.10. The molecule has 82 valence electrons. The van der Waals surface area contributed by atoms with Crippen LogP contribution in [0, 0.1) is 0 Å². The number of esters is 1. The second kappa shape index (κ2) is 6.37. The van der Waals surface area contributed by atoms with Crippen LogP contribution in [0.4, 0.5) is 0 Å². The van der Waals surface area contributed by atoms with Crippen LogP contribution in [0.1, 0.15) is 6.92 Å². The minimum Gasteiger partial charge on any atom is -0.465 e. The smallest absolute Gasteiger partial charge is 0.325 e. The molecule has 0 aromatic heterocycles. The highest BCUT2D eigenvalue weighted by Gasteiger charge is 2.13. The summed E-state index contributed by atoms with van der Waals surface area (Å²) in [5, 5.41) is 0. The molecule has 0 radical (unpaired) electrons. The summed E-state index contributed by atoms with van der Waals surface area (Å²) in [5.41, 5.74) is 0. The molecule has 0 saturated heterocycles. The van der Waals surface area contributed by atoms with Gasteiger partial charge in [0.25, 0.3) is 0 Å². The predicted octanol–water partition coefficient (Wildman–Crippen LogP) is -0.430. The van der Waals surface area contributed by atoms with Crippen molar-refractivity contribution in [3.8, 4) is 0 Å². The monoisotopic (exact) mass is 202 g/mol. The van der Waals surface area contributed by atoms with Gasteiger partial charge in [-0.15, -0.1) is 0 Å². The number of carbonyl (C=O) groups excluding carboxylic acids is 2. The normalized spacial score (nSPS) is 10.1. The number of carbonyl (C=O) groups is 2. The number of rotatable bonds is 5. The summed E-state index contributed by atoms with van der Waals surface area (Å²) in [5.74, 6) is -0.467. The number of ether oxygens (including phenoxy) is 1. The standard InChI is InChI=1S/C9H18N2O3/c1-5-14-9(13)7-11(4)8(12)6-10(2)3/h5-7H2,1-4H3. The lowest BCUT2D eigenvalue weighted by molar-refractivity contribution is -0.148. The molecule has 0 bridgehead atoms. The average molecular weight is 202 g/mol. The van der Waals surface area contributed by atoms with Crippen molar-refractivity contribution < 1.29 is 14.3 Å². The largest absolute Gasteiger partial charge is 0.465 e. The van der Waals surface area contributed by atoms with Gasteiger partial charge in [-0.3, -0.25) is 9.59 Å². The third kappa shape index (κ3) is 5.53. The Kier molecular flexibility index (Phi) is 5.87. The van der Waals surface area contributed by atoms with E-state index < -0.39 is 0 Å². The first-order valence-corrected chi connectivity index (χ1v) is 4.51. The third-order valence-electron chi connectivity index (χ3n) is 1.55. The molecule has 1 amide bonds. The van der Waals surface area contributed by atoms with Gasteiger partial charge >= 0.3 is 5.97 Å². The van der Waals surface area contributed by atoms with Crippen LogP contribution in [0.2, 0.25) is 0 Å². The first-order valence-electron chi connectivity index (χ1n) is 4.51. The summed E-state index contributed by atoms with van der Waals surface area (Å²) in [4.78, 5) is 25.5. The van der Waals surface area contributed by atoms with Gasteiger partial charge in [-0.2, -0.15) is 0 Å². The van der Waals surface area contributed by atoms with Gasteiger partial charge in [0.05, 0.1) is 13.2 Å². The van der Waals surface area contributed by atoms with Gasteiger partial charge in [0, 0.05) is 7.05 Å². The van der Waals surface area contributed by atoms with E-state index in [1.54, 1.807) is 33.0 Å². The molecule has 0 aromatic carbocycles. The van der Waals surface area contributed by atoms with Crippen molar-refractivity contribution in [3.63, 3.8) is 0 Å². The van der Waals surface area contributed by atoms with Crippen LogP contribution in [0.15, 0.2) is 0 Å². The molecule has 0 aliphatic carbocycles. The van der Waals surface area contributed by atoms with Gasteiger partial charge < -0.3 is 14.5 Å². The van der Waals surface area contributed by atoms with Crippen LogP contribution in [0.3, 0.4) is 0 Å². The van der Waals surface area contributed by atoms with Gasteiger partial charge in [0.15, 0.2) is 0 Å². The van der Waals surface area contributed by atoms with Crippen molar-refractivity contribution >= 4 is 11.9 Å². The fourth-order valence-electron chi connectivity index (χ4n) is 0.880. The Bertz CT molecular complexity index is 204. The number of amides is 1. The fraction of sp³-hybridized carbons (Fsp3) is 0.778. The van der Waals surface area contributed by atoms with Crippen LogP contribution < -0.4 is 0 Å². The lowest BCUT2D eigenvalue weighted by Crippen LogP contribution is -2.38. The maximum Gasteiger partial charge on any atom is 0.325 e. The molecule has 0 atom stereocenters. The molecule has 0 N–H and O–H groups in total. The third-order valence-corrected chi connectivity index (χ3v) is 1.55. The Morgan fingerprint density at radius 2 is 1.71 bits per heavy atom. The SMILES string of the molecule is CCOC(=O)CN(C)C(=O)CN(C)C. The molecular formula is C9H18N2O3. The van der Waals surface area contributed by atoms with Crippen molar-refractivity contribution in [2.45, 2.75) is 6.92 Å². The number of likely N-dealkylation sites (N-methyl/N-ethyl adjacent to an activating group) is 2.